The van der Waals surface area contributed by atoms with Crippen LogP contribution in [0.4, 0.5) is 4.79 Å². The van der Waals surface area contributed by atoms with Crippen molar-refractivity contribution in [3.8, 4) is 5.75 Å². The highest BCUT2D eigenvalue weighted by Gasteiger charge is 2.39. The molecule has 0 aromatic heterocycles. The number of rotatable bonds is 8. The molecule has 0 bridgehead atoms. The van der Waals surface area contributed by atoms with E-state index < -0.39 is 0 Å². The van der Waals surface area contributed by atoms with E-state index in [1.165, 1.54) is 20.9 Å². The second-order valence-corrected chi connectivity index (χ2v) is 11.5. The number of amides is 3. The van der Waals surface area contributed by atoms with E-state index in [1.807, 2.05) is 26.0 Å². The number of hydrogen-bond donors (Lipinski definition) is 0. The lowest BCUT2D eigenvalue weighted by Crippen LogP contribution is -2.46. The van der Waals surface area contributed by atoms with Crippen LogP contribution in [0.3, 0.4) is 0 Å². The summed E-state index contributed by atoms with van der Waals surface area (Å²) >= 11 is 0. The summed E-state index contributed by atoms with van der Waals surface area (Å²) in [5.74, 6) is 1.21. The number of fused-ring (bicyclic) bond motifs is 3. The van der Waals surface area contributed by atoms with Crippen LogP contribution in [0.5, 0.6) is 5.75 Å². The zero-order chi connectivity index (χ0) is 25.2. The summed E-state index contributed by atoms with van der Waals surface area (Å²) in [6.45, 7) is 6.77. The number of ether oxygens (including phenoxy) is 1. The molecule has 1 aromatic rings. The molecule has 2 saturated heterocycles. The van der Waals surface area contributed by atoms with E-state index in [9.17, 15) is 14.4 Å². The number of piperidine rings is 1. The summed E-state index contributed by atoms with van der Waals surface area (Å²) in [5.41, 5.74) is 2.36. The SMILES string of the molecule is CN(C)C(=O)Oc1cccc2c1CCC1C2CCN1CCCCCCN1C(=O)CC(C)(C)CC1=O. The lowest BCUT2D eigenvalue weighted by molar-refractivity contribution is -0.152. The van der Waals surface area contributed by atoms with Gasteiger partial charge >= 0.3 is 6.09 Å². The number of imide groups is 1. The molecule has 1 aromatic carbocycles. The van der Waals surface area contributed by atoms with Gasteiger partial charge in [0.2, 0.25) is 11.8 Å². The quantitative estimate of drug-likeness (QED) is 0.400. The van der Waals surface area contributed by atoms with Gasteiger partial charge < -0.3 is 9.64 Å². The van der Waals surface area contributed by atoms with Gasteiger partial charge in [-0.05, 0) is 67.8 Å². The number of hydrogen-bond acceptors (Lipinski definition) is 5. The molecule has 2 heterocycles. The highest BCUT2D eigenvalue weighted by atomic mass is 16.6. The Morgan fingerprint density at radius 2 is 1.71 bits per heavy atom. The van der Waals surface area contributed by atoms with Gasteiger partial charge in [-0.1, -0.05) is 38.8 Å². The van der Waals surface area contributed by atoms with Crippen molar-refractivity contribution in [2.24, 2.45) is 5.41 Å². The molecule has 35 heavy (non-hydrogen) atoms. The molecule has 1 aliphatic carbocycles. The molecule has 2 aliphatic heterocycles. The third kappa shape index (κ3) is 5.88. The number of nitrogens with zero attached hydrogens (tertiary/aromatic N) is 3. The first-order chi connectivity index (χ1) is 16.7. The number of benzene rings is 1. The third-order valence-corrected chi connectivity index (χ3v) is 7.92. The van der Waals surface area contributed by atoms with Crippen molar-refractivity contribution in [2.75, 3.05) is 33.7 Å². The summed E-state index contributed by atoms with van der Waals surface area (Å²) in [7, 11) is 3.41. The fourth-order valence-electron chi connectivity index (χ4n) is 6.11. The highest BCUT2D eigenvalue weighted by molar-refractivity contribution is 5.98. The van der Waals surface area contributed by atoms with Crippen LogP contribution in [0.25, 0.3) is 0 Å². The maximum absolute atomic E-state index is 12.3. The van der Waals surface area contributed by atoms with Crippen LogP contribution in [0.2, 0.25) is 0 Å². The predicted octanol–water partition coefficient (Wildman–Crippen LogP) is 4.59. The molecule has 192 valence electrons. The summed E-state index contributed by atoms with van der Waals surface area (Å²) in [4.78, 5) is 42.3. The van der Waals surface area contributed by atoms with Crippen molar-refractivity contribution in [3.63, 3.8) is 0 Å². The van der Waals surface area contributed by atoms with Crippen molar-refractivity contribution in [1.29, 1.82) is 0 Å². The van der Waals surface area contributed by atoms with Gasteiger partial charge in [0.1, 0.15) is 5.75 Å². The molecule has 7 heteroatoms. The Hall–Kier alpha value is -2.41. The molecule has 0 spiro atoms. The molecular weight excluding hydrogens is 442 g/mol. The molecule has 2 atom stereocenters. The number of carbonyl (C=O) groups is 3. The minimum Gasteiger partial charge on any atom is -0.410 e. The predicted molar refractivity (Wildman–Crippen MR) is 135 cm³/mol. The normalized spacial score (nSPS) is 23.7. The van der Waals surface area contributed by atoms with Gasteiger partial charge in [-0.25, -0.2) is 4.79 Å². The minimum atomic E-state index is -0.327. The van der Waals surface area contributed by atoms with Crippen LogP contribution in [-0.2, 0) is 16.0 Å². The van der Waals surface area contributed by atoms with E-state index in [0.29, 0.717) is 37.1 Å². The molecule has 2 fully saturated rings. The van der Waals surface area contributed by atoms with Gasteiger partial charge in [-0.2, -0.15) is 0 Å². The largest absolute Gasteiger partial charge is 0.414 e. The van der Waals surface area contributed by atoms with E-state index >= 15 is 0 Å². The fourth-order valence-corrected chi connectivity index (χ4v) is 6.11. The Morgan fingerprint density at radius 3 is 2.40 bits per heavy atom. The van der Waals surface area contributed by atoms with Gasteiger partial charge in [-0.15, -0.1) is 0 Å². The van der Waals surface area contributed by atoms with Crippen LogP contribution in [0, 0.1) is 5.41 Å². The van der Waals surface area contributed by atoms with Crippen LogP contribution in [-0.4, -0.2) is 72.4 Å². The molecule has 7 nitrogen and oxygen atoms in total. The van der Waals surface area contributed by atoms with Crippen LogP contribution in [0.1, 0.15) is 82.3 Å². The van der Waals surface area contributed by atoms with Crippen molar-refractivity contribution >= 4 is 17.9 Å². The third-order valence-electron chi connectivity index (χ3n) is 7.92. The Labute approximate surface area is 209 Å². The van der Waals surface area contributed by atoms with Gasteiger partial charge in [0.15, 0.2) is 0 Å². The topological polar surface area (TPSA) is 70.2 Å². The molecule has 4 rings (SSSR count). The van der Waals surface area contributed by atoms with Gasteiger partial charge in [0.05, 0.1) is 0 Å². The summed E-state index contributed by atoms with van der Waals surface area (Å²) in [6, 6.07) is 6.71. The van der Waals surface area contributed by atoms with Crippen LogP contribution >= 0.6 is 0 Å². The average Bonchev–Trinajstić information content (AvgIpc) is 3.20. The fraction of sp³-hybridized carbons (Fsp3) is 0.679. The maximum Gasteiger partial charge on any atom is 0.414 e. The van der Waals surface area contributed by atoms with Crippen LogP contribution < -0.4 is 4.74 Å². The molecule has 0 radical (unpaired) electrons. The van der Waals surface area contributed by atoms with Gasteiger partial charge in [-0.3, -0.25) is 19.4 Å². The summed E-state index contributed by atoms with van der Waals surface area (Å²) in [6.07, 6.45) is 8.02. The monoisotopic (exact) mass is 483 g/mol. The molecule has 3 amide bonds. The first kappa shape index (κ1) is 25.7. The average molecular weight is 484 g/mol. The van der Waals surface area contributed by atoms with E-state index in [0.717, 1.165) is 58.0 Å². The van der Waals surface area contributed by atoms with Crippen LogP contribution in [0.15, 0.2) is 18.2 Å². The van der Waals surface area contributed by atoms with Crippen molar-refractivity contribution in [1.82, 2.24) is 14.7 Å². The second-order valence-electron chi connectivity index (χ2n) is 11.5. The Kier molecular flexibility index (Phi) is 7.84. The number of likely N-dealkylation sites (tertiary alicyclic amines) is 2. The van der Waals surface area contributed by atoms with Gasteiger partial charge in [0, 0.05) is 45.4 Å². The minimum absolute atomic E-state index is 0.00780. The molecular formula is C28H41N3O4. The van der Waals surface area contributed by atoms with Gasteiger partial charge in [0.25, 0.3) is 0 Å². The molecule has 0 saturated carbocycles. The second kappa shape index (κ2) is 10.7. The summed E-state index contributed by atoms with van der Waals surface area (Å²) in [5, 5.41) is 0. The molecule has 2 unspecified atom stereocenters. The Balaban J connectivity index is 1.22. The Bertz CT molecular complexity index is 938. The first-order valence-corrected chi connectivity index (χ1v) is 13.2. The zero-order valence-electron chi connectivity index (χ0n) is 21.8. The van der Waals surface area contributed by atoms with Crippen molar-refractivity contribution in [2.45, 2.75) is 83.6 Å². The lowest BCUT2D eigenvalue weighted by atomic mass is 9.79. The molecule has 3 aliphatic rings. The van der Waals surface area contributed by atoms with E-state index in [-0.39, 0.29) is 23.3 Å². The first-order valence-electron chi connectivity index (χ1n) is 13.2. The standard InChI is InChI=1S/C28H41N3O4/c1-28(2)18-25(32)31(26(33)19-28)16-8-6-5-7-15-30-17-14-21-20-10-9-11-24(35-27(34)29(3)4)22(20)12-13-23(21)30/h9-11,21,23H,5-8,12-19H2,1-4H3. The zero-order valence-corrected chi connectivity index (χ0v) is 21.8. The van der Waals surface area contributed by atoms with Crippen molar-refractivity contribution in [3.05, 3.63) is 29.3 Å². The van der Waals surface area contributed by atoms with E-state index in [4.69, 9.17) is 4.74 Å². The summed E-state index contributed by atoms with van der Waals surface area (Å²) < 4.78 is 5.65. The van der Waals surface area contributed by atoms with Crippen molar-refractivity contribution < 1.29 is 19.1 Å². The highest BCUT2D eigenvalue weighted by Crippen LogP contribution is 2.44. The molecule has 0 N–H and O–H groups in total. The number of unbranched alkanes of at least 4 members (excludes halogenated alkanes) is 3. The van der Waals surface area contributed by atoms with E-state index in [1.54, 1.807) is 14.1 Å². The smallest absolute Gasteiger partial charge is 0.410 e. The number of carbonyl (C=O) groups excluding carboxylic acids is 3. The van der Waals surface area contributed by atoms with E-state index in [2.05, 4.69) is 11.0 Å². The lowest BCUT2D eigenvalue weighted by Gasteiger charge is -2.34. The maximum atomic E-state index is 12.3. The Morgan fingerprint density at radius 1 is 1.03 bits per heavy atom.